The third-order valence-corrected chi connectivity index (χ3v) is 2.44. The minimum Gasteiger partial charge on any atom is -0.340 e. The number of anilines is 1. The van der Waals surface area contributed by atoms with E-state index in [0.29, 0.717) is 11.5 Å². The van der Waals surface area contributed by atoms with E-state index in [9.17, 15) is 4.79 Å². The predicted octanol–water partition coefficient (Wildman–Crippen LogP) is 3.00. The first-order valence-electron chi connectivity index (χ1n) is 4.61. The molecule has 84 valence electrons. The van der Waals surface area contributed by atoms with E-state index in [2.05, 4.69) is 15.3 Å². The number of hydrogen-bond donors (Lipinski definition) is 2. The van der Waals surface area contributed by atoms with Gasteiger partial charge in [0.25, 0.3) is 0 Å². The molecule has 4 nitrogen and oxygen atoms in total. The van der Waals surface area contributed by atoms with Gasteiger partial charge in [-0.15, -0.1) is 0 Å². The van der Waals surface area contributed by atoms with E-state index < -0.39 is 4.84 Å². The molecule has 1 aromatic carbocycles. The molecule has 1 aromatic heterocycles. The second kappa shape index (κ2) is 4.31. The van der Waals surface area contributed by atoms with Crippen molar-refractivity contribution in [3.63, 3.8) is 0 Å². The molecule has 16 heavy (non-hydrogen) atoms. The molecule has 1 amide bonds. The number of carbonyl (C=O) groups excluding carboxylic acids is 1. The summed E-state index contributed by atoms with van der Waals surface area (Å²) >= 11 is 11.4. The molecule has 0 aliphatic heterocycles. The Morgan fingerprint density at radius 1 is 1.50 bits per heavy atom. The van der Waals surface area contributed by atoms with Crippen molar-refractivity contribution in [1.29, 1.82) is 0 Å². The molecule has 0 atom stereocenters. The van der Waals surface area contributed by atoms with E-state index in [1.807, 2.05) is 0 Å². The molecule has 0 aliphatic carbocycles. The van der Waals surface area contributed by atoms with Crippen molar-refractivity contribution in [3.8, 4) is 0 Å². The molecule has 0 saturated heterocycles. The first-order valence-corrected chi connectivity index (χ1v) is 5.49. The van der Waals surface area contributed by atoms with E-state index in [0.717, 1.165) is 11.0 Å². The molecule has 0 spiro atoms. The molecule has 2 N–H and O–H groups in total. The van der Waals surface area contributed by atoms with Crippen molar-refractivity contribution in [2.24, 2.45) is 0 Å². The highest BCUT2D eigenvalue weighted by Gasteiger charge is 2.09. The molecule has 0 unspecified atom stereocenters. The summed E-state index contributed by atoms with van der Waals surface area (Å²) in [5, 5.41) is 2.68. The number of alkyl halides is 2. The van der Waals surface area contributed by atoms with E-state index in [1.54, 1.807) is 18.2 Å². The number of fused-ring (bicyclic) bond motifs is 1. The van der Waals surface area contributed by atoms with Crippen LogP contribution in [0, 0.1) is 0 Å². The molecule has 0 fully saturated rings. The van der Waals surface area contributed by atoms with Crippen LogP contribution in [0.3, 0.4) is 0 Å². The maximum absolute atomic E-state index is 10.9. The molecule has 6 heteroatoms. The van der Waals surface area contributed by atoms with E-state index in [4.69, 9.17) is 23.2 Å². The van der Waals surface area contributed by atoms with Gasteiger partial charge >= 0.3 is 0 Å². The summed E-state index contributed by atoms with van der Waals surface area (Å²) in [5.41, 5.74) is 2.25. The zero-order valence-electron chi connectivity index (χ0n) is 8.42. The van der Waals surface area contributed by atoms with Gasteiger partial charge in [-0.05, 0) is 18.2 Å². The van der Waals surface area contributed by atoms with Crippen LogP contribution in [0.25, 0.3) is 11.0 Å². The lowest BCUT2D eigenvalue weighted by Crippen LogP contribution is -2.05. The van der Waals surface area contributed by atoms with Crippen LogP contribution in [0.5, 0.6) is 0 Å². The van der Waals surface area contributed by atoms with Crippen molar-refractivity contribution >= 4 is 45.8 Å². The van der Waals surface area contributed by atoms with Crippen molar-refractivity contribution in [2.75, 3.05) is 5.32 Å². The second-order valence-corrected chi connectivity index (χ2v) is 4.43. The maximum atomic E-state index is 10.9. The fourth-order valence-corrected chi connectivity index (χ4v) is 1.62. The fraction of sp³-hybridized carbons (Fsp3) is 0.200. The first kappa shape index (κ1) is 11.2. The van der Waals surface area contributed by atoms with Crippen LogP contribution in [-0.4, -0.2) is 15.9 Å². The van der Waals surface area contributed by atoms with Crippen LogP contribution in [0.1, 0.15) is 17.6 Å². The van der Waals surface area contributed by atoms with Gasteiger partial charge in [0.05, 0.1) is 11.0 Å². The second-order valence-electron chi connectivity index (χ2n) is 3.34. The number of benzene rings is 1. The summed E-state index contributed by atoms with van der Waals surface area (Å²) < 4.78 is 0. The largest absolute Gasteiger partial charge is 0.340 e. The Balaban J connectivity index is 2.41. The minimum atomic E-state index is -0.684. The number of rotatable bonds is 2. The predicted molar refractivity (Wildman–Crippen MR) is 64.8 cm³/mol. The Kier molecular flexibility index (Phi) is 3.03. The lowest BCUT2D eigenvalue weighted by atomic mass is 10.3. The molecule has 0 saturated carbocycles. The Morgan fingerprint density at radius 3 is 2.88 bits per heavy atom. The van der Waals surface area contributed by atoms with Gasteiger partial charge in [-0.2, -0.15) is 0 Å². The van der Waals surface area contributed by atoms with E-state index >= 15 is 0 Å². The standard InChI is InChI=1S/C10H9Cl2N3O/c1-5(16)13-6-2-3-7-8(4-6)15-10(14-7)9(11)12/h2-4,9H,1H3,(H,13,16)(H,14,15). The molecular formula is C10H9Cl2N3O. The summed E-state index contributed by atoms with van der Waals surface area (Å²) in [7, 11) is 0. The molecule has 0 bridgehead atoms. The van der Waals surface area contributed by atoms with Crippen LogP contribution >= 0.6 is 23.2 Å². The van der Waals surface area contributed by atoms with Gasteiger partial charge in [-0.1, -0.05) is 23.2 Å². The van der Waals surface area contributed by atoms with Gasteiger partial charge in [0, 0.05) is 12.6 Å². The molecule has 2 aromatic rings. The number of nitrogens with zero attached hydrogens (tertiary/aromatic N) is 1. The number of amides is 1. The van der Waals surface area contributed by atoms with Gasteiger partial charge in [0.1, 0.15) is 5.82 Å². The number of halogens is 2. The van der Waals surface area contributed by atoms with Crippen LogP contribution in [0.4, 0.5) is 5.69 Å². The summed E-state index contributed by atoms with van der Waals surface area (Å²) in [6.07, 6.45) is 0. The first-order chi connectivity index (χ1) is 7.56. The van der Waals surface area contributed by atoms with Crippen molar-refractivity contribution in [2.45, 2.75) is 11.8 Å². The average molecular weight is 258 g/mol. The molecular weight excluding hydrogens is 249 g/mol. The number of carbonyl (C=O) groups is 1. The number of H-pyrrole nitrogens is 1. The number of aromatic amines is 1. The summed E-state index contributed by atoms with van der Waals surface area (Å²) in [6, 6.07) is 5.34. The topological polar surface area (TPSA) is 57.8 Å². The summed E-state index contributed by atoms with van der Waals surface area (Å²) in [6.45, 7) is 1.45. The monoisotopic (exact) mass is 257 g/mol. The highest BCUT2D eigenvalue weighted by Crippen LogP contribution is 2.25. The Hall–Kier alpha value is -1.26. The van der Waals surface area contributed by atoms with Crippen LogP contribution in [-0.2, 0) is 4.79 Å². The number of imidazole rings is 1. The van der Waals surface area contributed by atoms with Crippen molar-refractivity contribution in [1.82, 2.24) is 9.97 Å². The van der Waals surface area contributed by atoms with Crippen molar-refractivity contribution < 1.29 is 4.79 Å². The number of nitrogens with one attached hydrogen (secondary N) is 2. The average Bonchev–Trinajstić information content (AvgIpc) is 2.59. The molecule has 0 radical (unpaired) electrons. The third kappa shape index (κ3) is 2.28. The highest BCUT2D eigenvalue weighted by atomic mass is 35.5. The third-order valence-electron chi connectivity index (χ3n) is 2.03. The Labute approximate surface area is 102 Å². The van der Waals surface area contributed by atoms with Crippen LogP contribution in [0.2, 0.25) is 0 Å². The Bertz CT molecular complexity index is 536. The number of hydrogen-bond acceptors (Lipinski definition) is 2. The molecule has 1 heterocycles. The normalized spacial score (nSPS) is 11.0. The Morgan fingerprint density at radius 2 is 2.25 bits per heavy atom. The quantitative estimate of drug-likeness (QED) is 0.813. The van der Waals surface area contributed by atoms with Gasteiger partial charge in [0.2, 0.25) is 5.91 Å². The fourth-order valence-electron chi connectivity index (χ4n) is 1.41. The van der Waals surface area contributed by atoms with Gasteiger partial charge in [-0.25, -0.2) is 4.98 Å². The SMILES string of the molecule is CC(=O)Nc1ccc2nc(C(Cl)Cl)[nH]c2c1. The zero-order valence-corrected chi connectivity index (χ0v) is 9.93. The van der Waals surface area contributed by atoms with Crippen LogP contribution < -0.4 is 5.32 Å². The smallest absolute Gasteiger partial charge is 0.221 e. The summed E-state index contributed by atoms with van der Waals surface area (Å²) in [4.78, 5) is 17.4. The van der Waals surface area contributed by atoms with E-state index in [1.165, 1.54) is 6.92 Å². The van der Waals surface area contributed by atoms with Gasteiger partial charge in [0.15, 0.2) is 4.84 Å². The number of aromatic nitrogens is 2. The van der Waals surface area contributed by atoms with Gasteiger partial charge in [-0.3, -0.25) is 4.79 Å². The zero-order chi connectivity index (χ0) is 11.7. The lowest BCUT2D eigenvalue weighted by molar-refractivity contribution is -0.114. The molecule has 0 aliphatic rings. The lowest BCUT2D eigenvalue weighted by Gasteiger charge is -2.00. The summed E-state index contributed by atoms with van der Waals surface area (Å²) in [5.74, 6) is 0.380. The maximum Gasteiger partial charge on any atom is 0.221 e. The molecule has 2 rings (SSSR count). The van der Waals surface area contributed by atoms with Gasteiger partial charge < -0.3 is 10.3 Å². The van der Waals surface area contributed by atoms with Crippen LogP contribution in [0.15, 0.2) is 18.2 Å². The minimum absolute atomic E-state index is 0.119. The van der Waals surface area contributed by atoms with E-state index in [-0.39, 0.29) is 5.91 Å². The van der Waals surface area contributed by atoms with Crippen molar-refractivity contribution in [3.05, 3.63) is 24.0 Å². The highest BCUT2D eigenvalue weighted by molar-refractivity contribution is 6.43.